The van der Waals surface area contributed by atoms with Gasteiger partial charge in [-0.1, -0.05) is 24.3 Å². The molecule has 1 rings (SSSR count). The highest BCUT2D eigenvalue weighted by molar-refractivity contribution is 7.89. The maximum Gasteiger partial charge on any atom is 0.211 e. The first-order chi connectivity index (χ1) is 6.58. The van der Waals surface area contributed by atoms with E-state index in [1.54, 1.807) is 0 Å². The lowest BCUT2D eigenvalue weighted by atomic mass is 10.0. The Balaban J connectivity index is 2.10. The van der Waals surface area contributed by atoms with Crippen molar-refractivity contribution in [2.24, 2.45) is 11.1 Å². The van der Waals surface area contributed by atoms with Gasteiger partial charge in [0.15, 0.2) is 0 Å². The molecule has 14 heavy (non-hydrogen) atoms. The average molecular weight is 217 g/mol. The Morgan fingerprint density at radius 2 is 2.21 bits per heavy atom. The van der Waals surface area contributed by atoms with Crippen LogP contribution in [0.3, 0.4) is 0 Å². The van der Waals surface area contributed by atoms with Gasteiger partial charge < -0.3 is 4.74 Å². The first-order valence-corrected chi connectivity index (χ1v) is 6.21. The molecule has 0 fully saturated rings. The van der Waals surface area contributed by atoms with E-state index >= 15 is 0 Å². The van der Waals surface area contributed by atoms with Crippen molar-refractivity contribution in [2.75, 3.05) is 19.0 Å². The van der Waals surface area contributed by atoms with Gasteiger partial charge in [-0.15, -0.1) is 0 Å². The van der Waals surface area contributed by atoms with Gasteiger partial charge in [-0.25, -0.2) is 13.6 Å². The van der Waals surface area contributed by atoms with Crippen LogP contribution < -0.4 is 5.14 Å². The highest BCUT2D eigenvalue weighted by atomic mass is 32.2. The smallest absolute Gasteiger partial charge is 0.211 e. The van der Waals surface area contributed by atoms with E-state index in [0.29, 0.717) is 12.5 Å². The summed E-state index contributed by atoms with van der Waals surface area (Å²) in [5.41, 5.74) is 0. The van der Waals surface area contributed by atoms with Gasteiger partial charge in [0, 0.05) is 5.92 Å². The zero-order valence-corrected chi connectivity index (χ0v) is 8.74. The second-order valence-electron chi connectivity index (χ2n) is 3.25. The van der Waals surface area contributed by atoms with Crippen molar-refractivity contribution in [2.45, 2.75) is 6.42 Å². The van der Waals surface area contributed by atoms with E-state index in [1.165, 1.54) is 0 Å². The van der Waals surface area contributed by atoms with Crippen LogP contribution in [0.5, 0.6) is 0 Å². The number of allylic oxidation sites excluding steroid dienone is 3. The third-order valence-corrected chi connectivity index (χ3v) is 2.65. The van der Waals surface area contributed by atoms with Crippen LogP contribution in [0.4, 0.5) is 0 Å². The van der Waals surface area contributed by atoms with Crippen LogP contribution in [0.2, 0.25) is 0 Å². The topological polar surface area (TPSA) is 69.4 Å². The van der Waals surface area contributed by atoms with Gasteiger partial charge in [0.05, 0.1) is 19.0 Å². The lowest BCUT2D eigenvalue weighted by Crippen LogP contribution is -2.21. The van der Waals surface area contributed by atoms with Crippen molar-refractivity contribution >= 4 is 10.0 Å². The molecule has 0 amide bonds. The van der Waals surface area contributed by atoms with Crippen molar-refractivity contribution in [1.29, 1.82) is 0 Å². The molecule has 0 aromatic carbocycles. The van der Waals surface area contributed by atoms with Crippen molar-refractivity contribution in [3.8, 4) is 0 Å². The quantitative estimate of drug-likeness (QED) is 0.679. The van der Waals surface area contributed by atoms with Gasteiger partial charge in [0.25, 0.3) is 0 Å². The summed E-state index contributed by atoms with van der Waals surface area (Å²) in [4.78, 5) is 0. The van der Waals surface area contributed by atoms with Crippen LogP contribution >= 0.6 is 0 Å². The standard InChI is InChI=1S/C9H15NO3S/c10-14(11,12)7-6-13-8-9-4-2-1-3-5-9/h1-4,9H,5-8H2,(H2,10,11,12). The SMILES string of the molecule is NS(=O)(=O)CCOCC1C=CC=CC1. The lowest BCUT2D eigenvalue weighted by Gasteiger charge is -2.12. The van der Waals surface area contributed by atoms with Gasteiger partial charge >= 0.3 is 0 Å². The number of hydrogen-bond acceptors (Lipinski definition) is 3. The Morgan fingerprint density at radius 1 is 1.43 bits per heavy atom. The summed E-state index contributed by atoms with van der Waals surface area (Å²) in [6.07, 6.45) is 9.02. The lowest BCUT2D eigenvalue weighted by molar-refractivity contribution is 0.126. The van der Waals surface area contributed by atoms with Crippen molar-refractivity contribution in [3.63, 3.8) is 0 Å². The number of ether oxygens (including phenoxy) is 1. The van der Waals surface area contributed by atoms with Crippen LogP contribution in [0.15, 0.2) is 24.3 Å². The first kappa shape index (κ1) is 11.4. The molecular formula is C9H15NO3S. The zero-order valence-electron chi connectivity index (χ0n) is 7.93. The summed E-state index contributed by atoms with van der Waals surface area (Å²) in [5.74, 6) is 0.250. The third kappa shape index (κ3) is 5.16. The summed E-state index contributed by atoms with van der Waals surface area (Å²) in [6.45, 7) is 0.725. The molecule has 1 atom stereocenters. The Bertz CT molecular complexity index is 319. The Hall–Kier alpha value is -0.650. The fraction of sp³-hybridized carbons (Fsp3) is 0.556. The molecule has 0 aromatic heterocycles. The molecular weight excluding hydrogens is 202 g/mol. The fourth-order valence-corrected chi connectivity index (χ4v) is 1.52. The third-order valence-electron chi connectivity index (χ3n) is 1.91. The molecule has 0 bridgehead atoms. The Morgan fingerprint density at radius 3 is 2.79 bits per heavy atom. The second kappa shape index (κ2) is 5.29. The van der Waals surface area contributed by atoms with Crippen LogP contribution in [-0.2, 0) is 14.8 Å². The van der Waals surface area contributed by atoms with E-state index in [2.05, 4.69) is 12.2 Å². The van der Waals surface area contributed by atoms with Gasteiger partial charge in [-0.3, -0.25) is 0 Å². The minimum Gasteiger partial charge on any atom is -0.380 e. The number of hydrogen-bond donors (Lipinski definition) is 1. The number of nitrogens with two attached hydrogens (primary N) is 1. The average Bonchev–Trinajstić information content (AvgIpc) is 2.13. The highest BCUT2D eigenvalue weighted by Crippen LogP contribution is 2.11. The van der Waals surface area contributed by atoms with Gasteiger partial charge in [0.2, 0.25) is 10.0 Å². The van der Waals surface area contributed by atoms with E-state index in [9.17, 15) is 8.42 Å². The van der Waals surface area contributed by atoms with E-state index in [1.807, 2.05) is 12.2 Å². The summed E-state index contributed by atoms with van der Waals surface area (Å²) in [6, 6.07) is 0. The monoisotopic (exact) mass is 217 g/mol. The minimum atomic E-state index is -3.38. The first-order valence-electron chi connectivity index (χ1n) is 4.49. The molecule has 0 saturated carbocycles. The summed E-state index contributed by atoms with van der Waals surface area (Å²) in [5, 5.41) is 4.82. The Labute approximate surface area is 84.5 Å². The molecule has 0 aromatic rings. The van der Waals surface area contributed by atoms with Crippen LogP contribution in [0.1, 0.15) is 6.42 Å². The van der Waals surface area contributed by atoms with Gasteiger partial charge in [-0.05, 0) is 6.42 Å². The molecule has 4 nitrogen and oxygen atoms in total. The van der Waals surface area contributed by atoms with E-state index < -0.39 is 10.0 Å². The minimum absolute atomic E-state index is 0.112. The van der Waals surface area contributed by atoms with Gasteiger partial charge in [-0.2, -0.15) is 0 Å². The fourth-order valence-electron chi connectivity index (χ4n) is 1.17. The predicted octanol–water partition coefficient (Wildman–Crippen LogP) is 0.424. The Kier molecular flexibility index (Phi) is 4.31. The van der Waals surface area contributed by atoms with Crippen molar-refractivity contribution < 1.29 is 13.2 Å². The number of rotatable bonds is 5. The summed E-state index contributed by atoms with van der Waals surface area (Å²) < 4.78 is 26.3. The molecule has 0 heterocycles. The number of primary sulfonamides is 1. The maximum absolute atomic E-state index is 10.6. The molecule has 0 aliphatic heterocycles. The molecule has 2 N–H and O–H groups in total. The van der Waals surface area contributed by atoms with E-state index in [-0.39, 0.29) is 12.4 Å². The maximum atomic E-state index is 10.6. The van der Waals surface area contributed by atoms with Crippen LogP contribution in [0, 0.1) is 5.92 Å². The normalized spacial score (nSPS) is 21.4. The van der Waals surface area contributed by atoms with E-state index in [4.69, 9.17) is 9.88 Å². The summed E-state index contributed by atoms with van der Waals surface area (Å²) >= 11 is 0. The molecule has 5 heteroatoms. The van der Waals surface area contributed by atoms with Crippen LogP contribution in [-0.4, -0.2) is 27.4 Å². The van der Waals surface area contributed by atoms with E-state index in [0.717, 1.165) is 6.42 Å². The van der Waals surface area contributed by atoms with Crippen LogP contribution in [0.25, 0.3) is 0 Å². The zero-order chi connectivity index (χ0) is 10.4. The molecule has 0 spiro atoms. The molecule has 0 saturated heterocycles. The van der Waals surface area contributed by atoms with Crippen molar-refractivity contribution in [3.05, 3.63) is 24.3 Å². The predicted molar refractivity (Wildman–Crippen MR) is 55.2 cm³/mol. The molecule has 80 valence electrons. The molecule has 0 radical (unpaired) electrons. The highest BCUT2D eigenvalue weighted by Gasteiger charge is 2.06. The van der Waals surface area contributed by atoms with Gasteiger partial charge in [0.1, 0.15) is 0 Å². The largest absolute Gasteiger partial charge is 0.380 e. The van der Waals surface area contributed by atoms with Crippen molar-refractivity contribution in [1.82, 2.24) is 0 Å². The number of sulfonamides is 1. The molecule has 1 unspecified atom stereocenters. The second-order valence-corrected chi connectivity index (χ2v) is 4.98. The summed E-state index contributed by atoms with van der Waals surface area (Å²) in [7, 11) is -3.38. The molecule has 1 aliphatic rings. The molecule has 1 aliphatic carbocycles.